The third-order valence-corrected chi connectivity index (χ3v) is 1.09. The number of nitrogen functional groups attached to an aromatic ring is 1. The van der Waals surface area contributed by atoms with Crippen molar-refractivity contribution in [1.82, 2.24) is 4.98 Å². The predicted octanol–water partition coefficient (Wildman–Crippen LogP) is 1.53. The number of halogens is 2. The Kier molecular flexibility index (Phi) is 3.09. The minimum absolute atomic E-state index is 0. The standard InChI is InChI=1S/C6H7FN2.ClH/c1-4-6(8)2-5(7)3-9-4;/h2-3H,8H2,1H3;1H. The molecule has 0 aliphatic heterocycles. The Morgan fingerprint density at radius 2 is 2.20 bits per heavy atom. The van der Waals surface area contributed by atoms with Crippen LogP contribution in [0.25, 0.3) is 0 Å². The van der Waals surface area contributed by atoms with Crippen molar-refractivity contribution in [1.29, 1.82) is 0 Å². The van der Waals surface area contributed by atoms with E-state index in [-0.39, 0.29) is 12.4 Å². The quantitative estimate of drug-likeness (QED) is 0.629. The van der Waals surface area contributed by atoms with Gasteiger partial charge in [0.1, 0.15) is 5.82 Å². The summed E-state index contributed by atoms with van der Waals surface area (Å²) in [4.78, 5) is 3.68. The molecule has 56 valence electrons. The highest BCUT2D eigenvalue weighted by atomic mass is 35.5. The number of anilines is 1. The van der Waals surface area contributed by atoms with Crippen LogP contribution < -0.4 is 5.73 Å². The molecule has 1 aromatic heterocycles. The van der Waals surface area contributed by atoms with E-state index in [0.717, 1.165) is 6.20 Å². The van der Waals surface area contributed by atoms with E-state index in [1.165, 1.54) is 6.07 Å². The molecule has 1 aromatic rings. The van der Waals surface area contributed by atoms with Crippen LogP contribution in [0.4, 0.5) is 10.1 Å². The largest absolute Gasteiger partial charge is 0.397 e. The summed E-state index contributed by atoms with van der Waals surface area (Å²) in [5.41, 5.74) is 6.38. The molecule has 0 fully saturated rings. The van der Waals surface area contributed by atoms with E-state index < -0.39 is 5.82 Å². The van der Waals surface area contributed by atoms with Gasteiger partial charge in [-0.15, -0.1) is 12.4 Å². The fourth-order valence-electron chi connectivity index (χ4n) is 0.523. The number of aromatic nitrogens is 1. The van der Waals surface area contributed by atoms with Crippen LogP contribution in [0.2, 0.25) is 0 Å². The Morgan fingerprint density at radius 1 is 1.60 bits per heavy atom. The zero-order valence-corrected chi connectivity index (χ0v) is 6.28. The molecular formula is C6H8ClFN2. The number of hydrogen-bond donors (Lipinski definition) is 1. The van der Waals surface area contributed by atoms with Gasteiger partial charge in [-0.1, -0.05) is 0 Å². The van der Waals surface area contributed by atoms with Gasteiger partial charge in [0.05, 0.1) is 17.6 Å². The maximum atomic E-state index is 12.2. The van der Waals surface area contributed by atoms with Crippen molar-refractivity contribution in [2.45, 2.75) is 6.92 Å². The van der Waals surface area contributed by atoms with Gasteiger partial charge in [0.25, 0.3) is 0 Å². The average molecular weight is 163 g/mol. The first-order valence-corrected chi connectivity index (χ1v) is 2.58. The number of hydrogen-bond acceptors (Lipinski definition) is 2. The van der Waals surface area contributed by atoms with Crippen molar-refractivity contribution in [2.24, 2.45) is 0 Å². The highest BCUT2D eigenvalue weighted by Crippen LogP contribution is 2.06. The highest BCUT2D eigenvalue weighted by molar-refractivity contribution is 5.85. The highest BCUT2D eigenvalue weighted by Gasteiger charge is 1.94. The Labute approximate surface area is 64.7 Å². The molecule has 0 aromatic carbocycles. The van der Waals surface area contributed by atoms with Crippen molar-refractivity contribution in [2.75, 3.05) is 5.73 Å². The maximum Gasteiger partial charge on any atom is 0.143 e. The lowest BCUT2D eigenvalue weighted by Gasteiger charge is -1.95. The average Bonchev–Trinajstić information content (AvgIpc) is 1.80. The van der Waals surface area contributed by atoms with Crippen molar-refractivity contribution in [3.8, 4) is 0 Å². The van der Waals surface area contributed by atoms with Crippen LogP contribution in [0.15, 0.2) is 12.3 Å². The molecule has 10 heavy (non-hydrogen) atoms. The number of pyridine rings is 1. The van der Waals surface area contributed by atoms with E-state index in [1.807, 2.05) is 0 Å². The second-order valence-electron chi connectivity index (χ2n) is 1.83. The zero-order chi connectivity index (χ0) is 6.85. The van der Waals surface area contributed by atoms with Crippen LogP contribution in [0, 0.1) is 12.7 Å². The second kappa shape index (κ2) is 3.37. The zero-order valence-electron chi connectivity index (χ0n) is 5.47. The van der Waals surface area contributed by atoms with E-state index in [9.17, 15) is 4.39 Å². The molecule has 0 bridgehead atoms. The van der Waals surface area contributed by atoms with E-state index >= 15 is 0 Å². The van der Waals surface area contributed by atoms with Crippen LogP contribution >= 0.6 is 12.4 Å². The Bertz CT molecular complexity index is 227. The molecular weight excluding hydrogens is 155 g/mol. The molecule has 2 N–H and O–H groups in total. The van der Waals surface area contributed by atoms with E-state index in [0.29, 0.717) is 11.4 Å². The topological polar surface area (TPSA) is 38.9 Å². The van der Waals surface area contributed by atoms with Gasteiger partial charge in [-0.2, -0.15) is 0 Å². The molecule has 0 unspecified atom stereocenters. The maximum absolute atomic E-state index is 12.2. The molecule has 0 radical (unpaired) electrons. The first kappa shape index (κ1) is 9.17. The van der Waals surface area contributed by atoms with Crippen LogP contribution in [0.1, 0.15) is 5.69 Å². The Hall–Kier alpha value is -0.830. The van der Waals surface area contributed by atoms with Crippen LogP contribution in [0.5, 0.6) is 0 Å². The summed E-state index contributed by atoms with van der Waals surface area (Å²) in [6, 6.07) is 1.25. The molecule has 0 atom stereocenters. The van der Waals surface area contributed by atoms with Gasteiger partial charge >= 0.3 is 0 Å². The van der Waals surface area contributed by atoms with Gasteiger partial charge in [-0.25, -0.2) is 4.39 Å². The first-order valence-electron chi connectivity index (χ1n) is 2.58. The molecule has 0 amide bonds. The summed E-state index contributed by atoms with van der Waals surface area (Å²) in [7, 11) is 0. The van der Waals surface area contributed by atoms with Crippen molar-refractivity contribution < 1.29 is 4.39 Å². The number of rotatable bonds is 0. The SMILES string of the molecule is Cc1ncc(F)cc1N.Cl. The first-order chi connectivity index (χ1) is 4.20. The predicted molar refractivity (Wildman–Crippen MR) is 40.6 cm³/mol. The van der Waals surface area contributed by atoms with Crippen molar-refractivity contribution >= 4 is 18.1 Å². The minimum Gasteiger partial charge on any atom is -0.397 e. The van der Waals surface area contributed by atoms with E-state index in [2.05, 4.69) is 4.98 Å². The summed E-state index contributed by atoms with van der Waals surface area (Å²) in [5, 5.41) is 0. The van der Waals surface area contributed by atoms with Gasteiger partial charge < -0.3 is 5.73 Å². The van der Waals surface area contributed by atoms with Crippen molar-refractivity contribution in [3.63, 3.8) is 0 Å². The van der Waals surface area contributed by atoms with Crippen molar-refractivity contribution in [3.05, 3.63) is 23.8 Å². The van der Waals surface area contributed by atoms with Gasteiger partial charge in [0, 0.05) is 6.07 Å². The lowest BCUT2D eigenvalue weighted by atomic mass is 10.3. The Morgan fingerprint density at radius 3 is 2.60 bits per heavy atom. The summed E-state index contributed by atoms with van der Waals surface area (Å²) in [6.45, 7) is 1.73. The Balaban J connectivity index is 0.000000810. The van der Waals surface area contributed by atoms with Crippen LogP contribution in [0.3, 0.4) is 0 Å². The van der Waals surface area contributed by atoms with Gasteiger partial charge in [-0.05, 0) is 6.92 Å². The number of aryl methyl sites for hydroxylation is 1. The van der Waals surface area contributed by atoms with E-state index in [1.54, 1.807) is 6.92 Å². The fraction of sp³-hybridized carbons (Fsp3) is 0.167. The monoisotopic (exact) mass is 162 g/mol. The van der Waals surface area contributed by atoms with Gasteiger partial charge in [-0.3, -0.25) is 4.98 Å². The molecule has 0 saturated carbocycles. The lowest BCUT2D eigenvalue weighted by Crippen LogP contribution is -1.92. The van der Waals surface area contributed by atoms with Crippen LogP contribution in [-0.4, -0.2) is 4.98 Å². The molecule has 0 saturated heterocycles. The normalized spacial score (nSPS) is 8.60. The van der Waals surface area contributed by atoms with Crippen LogP contribution in [-0.2, 0) is 0 Å². The molecule has 1 rings (SSSR count). The number of nitrogens with zero attached hydrogens (tertiary/aromatic N) is 1. The smallest absolute Gasteiger partial charge is 0.143 e. The molecule has 2 nitrogen and oxygen atoms in total. The summed E-state index contributed by atoms with van der Waals surface area (Å²) in [5.74, 6) is -0.391. The second-order valence-corrected chi connectivity index (χ2v) is 1.83. The molecule has 0 spiro atoms. The third kappa shape index (κ3) is 1.84. The number of nitrogens with two attached hydrogens (primary N) is 1. The van der Waals surface area contributed by atoms with Gasteiger partial charge in [0.2, 0.25) is 0 Å². The third-order valence-electron chi connectivity index (χ3n) is 1.09. The minimum atomic E-state index is -0.391. The summed E-state index contributed by atoms with van der Waals surface area (Å²) in [6.07, 6.45) is 1.14. The fourth-order valence-corrected chi connectivity index (χ4v) is 0.523. The molecule has 4 heteroatoms. The molecule has 0 aliphatic rings. The van der Waals surface area contributed by atoms with Gasteiger partial charge in [0.15, 0.2) is 0 Å². The summed E-state index contributed by atoms with van der Waals surface area (Å²) < 4.78 is 12.2. The molecule has 0 aliphatic carbocycles. The summed E-state index contributed by atoms with van der Waals surface area (Å²) >= 11 is 0. The molecule has 1 heterocycles. The van der Waals surface area contributed by atoms with E-state index in [4.69, 9.17) is 5.73 Å². The lowest BCUT2D eigenvalue weighted by molar-refractivity contribution is 0.621.